The summed E-state index contributed by atoms with van der Waals surface area (Å²) in [7, 11) is -1.35. The number of esters is 1. The number of nitrogens with one attached hydrogen (secondary N) is 1. The molecule has 1 aromatic carbocycles. The molecule has 1 N–H and O–H groups in total. The van der Waals surface area contributed by atoms with Gasteiger partial charge in [-0.05, 0) is 19.1 Å². The van der Waals surface area contributed by atoms with Crippen molar-refractivity contribution >= 4 is 28.7 Å². The average Bonchev–Trinajstić information content (AvgIpc) is 2.92. The Morgan fingerprint density at radius 3 is 2.64 bits per heavy atom. The van der Waals surface area contributed by atoms with Crippen LogP contribution in [0, 0.1) is 0 Å². The number of nitrogens with zero attached hydrogens (tertiary/aromatic N) is 1. The predicted octanol–water partition coefficient (Wildman–Crippen LogP) is 0.521. The van der Waals surface area contributed by atoms with Crippen molar-refractivity contribution in [1.82, 2.24) is 10.2 Å². The van der Waals surface area contributed by atoms with E-state index in [4.69, 9.17) is 4.74 Å². The van der Waals surface area contributed by atoms with Crippen molar-refractivity contribution in [3.63, 3.8) is 0 Å². The van der Waals surface area contributed by atoms with E-state index < -0.39 is 34.8 Å². The molecule has 0 spiro atoms. The molecule has 0 aliphatic carbocycles. The molecule has 8 heteroatoms. The van der Waals surface area contributed by atoms with Crippen molar-refractivity contribution in [2.45, 2.75) is 17.9 Å². The van der Waals surface area contributed by atoms with E-state index in [0.717, 1.165) is 4.90 Å². The number of imide groups is 1. The van der Waals surface area contributed by atoms with Gasteiger partial charge < -0.3 is 10.1 Å². The number of carbonyl (C=O) groups excluding carboxylic acids is 3. The molecule has 0 bridgehead atoms. The Labute approximate surface area is 130 Å². The molecule has 1 aromatic rings. The molecule has 1 aliphatic heterocycles. The third-order valence-corrected chi connectivity index (χ3v) is 4.15. The third kappa shape index (κ3) is 3.33. The number of benzene rings is 1. The average molecular weight is 324 g/mol. The highest BCUT2D eigenvalue weighted by atomic mass is 32.2. The number of hydrogen-bond donors (Lipinski definition) is 1. The number of carbonyl (C=O) groups is 3. The monoisotopic (exact) mass is 324 g/mol. The maximum absolute atomic E-state index is 12.2. The van der Waals surface area contributed by atoms with Crippen molar-refractivity contribution in [2.24, 2.45) is 0 Å². The lowest BCUT2D eigenvalue weighted by Crippen LogP contribution is -2.41. The largest absolute Gasteiger partial charge is 0.449 e. The first-order chi connectivity index (χ1) is 10.4. The van der Waals surface area contributed by atoms with E-state index in [9.17, 15) is 18.6 Å². The van der Waals surface area contributed by atoms with E-state index >= 15 is 0 Å². The van der Waals surface area contributed by atoms with Crippen LogP contribution < -0.4 is 5.32 Å². The molecular weight excluding hydrogens is 308 g/mol. The lowest BCUT2D eigenvalue weighted by atomic mass is 10.2. The number of rotatable bonds is 4. The summed E-state index contributed by atoms with van der Waals surface area (Å²) in [5.74, 6) is -1.33. The van der Waals surface area contributed by atoms with Gasteiger partial charge in [-0.1, -0.05) is 12.1 Å². The van der Waals surface area contributed by atoms with Gasteiger partial charge in [-0.15, -0.1) is 0 Å². The predicted molar refractivity (Wildman–Crippen MR) is 78.8 cm³/mol. The smallest absolute Gasteiger partial charge is 0.340 e. The summed E-state index contributed by atoms with van der Waals surface area (Å²) in [4.78, 5) is 37.0. The summed E-state index contributed by atoms with van der Waals surface area (Å²) in [6.45, 7) is 2.02. The minimum Gasteiger partial charge on any atom is -0.449 e. The molecule has 118 valence electrons. The highest BCUT2D eigenvalue weighted by molar-refractivity contribution is 7.84. The number of ether oxygens (including phenoxy) is 1. The molecule has 1 saturated heterocycles. The molecule has 2 atom stereocenters. The Morgan fingerprint density at radius 1 is 1.36 bits per heavy atom. The molecule has 0 unspecified atom stereocenters. The summed E-state index contributed by atoms with van der Waals surface area (Å²) in [6.07, 6.45) is 0.352. The quantitative estimate of drug-likeness (QED) is 0.815. The molecule has 2 rings (SSSR count). The first-order valence-corrected chi connectivity index (χ1v) is 8.20. The lowest BCUT2D eigenvalue weighted by Gasteiger charge is -2.18. The molecule has 0 aromatic heterocycles. The van der Waals surface area contributed by atoms with Gasteiger partial charge >= 0.3 is 12.0 Å². The van der Waals surface area contributed by atoms with Crippen LogP contribution in [0.5, 0.6) is 0 Å². The van der Waals surface area contributed by atoms with Crippen molar-refractivity contribution < 1.29 is 23.3 Å². The van der Waals surface area contributed by atoms with Gasteiger partial charge in [0.25, 0.3) is 5.91 Å². The van der Waals surface area contributed by atoms with Crippen LogP contribution in [-0.4, -0.2) is 52.5 Å². The van der Waals surface area contributed by atoms with Gasteiger partial charge in [-0.2, -0.15) is 0 Å². The van der Waals surface area contributed by atoms with E-state index in [1.54, 1.807) is 18.2 Å². The fourth-order valence-corrected chi connectivity index (χ4v) is 2.79. The Morgan fingerprint density at radius 2 is 2.05 bits per heavy atom. The Bertz CT molecular complexity index is 646. The third-order valence-electron chi connectivity index (χ3n) is 3.17. The van der Waals surface area contributed by atoms with Crippen LogP contribution in [0.2, 0.25) is 0 Å². The molecular formula is C14H16N2O5S. The van der Waals surface area contributed by atoms with Crippen LogP contribution in [-0.2, 0) is 20.3 Å². The molecule has 1 fully saturated rings. The van der Waals surface area contributed by atoms with Crippen molar-refractivity contribution in [3.05, 3.63) is 29.8 Å². The summed E-state index contributed by atoms with van der Waals surface area (Å²) in [6, 6.07) is 5.83. The minimum atomic E-state index is -1.35. The van der Waals surface area contributed by atoms with Crippen molar-refractivity contribution in [3.8, 4) is 0 Å². The van der Waals surface area contributed by atoms with Crippen LogP contribution in [0.25, 0.3) is 0 Å². The normalized spacial score (nSPS) is 16.8. The molecule has 3 amide bonds. The van der Waals surface area contributed by atoms with Crippen molar-refractivity contribution in [2.75, 3.05) is 19.3 Å². The first kappa shape index (κ1) is 16.2. The molecule has 22 heavy (non-hydrogen) atoms. The van der Waals surface area contributed by atoms with Gasteiger partial charge in [0.15, 0.2) is 6.10 Å². The van der Waals surface area contributed by atoms with Gasteiger partial charge in [0.05, 0.1) is 21.3 Å². The van der Waals surface area contributed by atoms with Crippen LogP contribution in [0.1, 0.15) is 17.3 Å². The fourth-order valence-electron chi connectivity index (χ4n) is 2.06. The molecule has 0 saturated carbocycles. The van der Waals surface area contributed by atoms with E-state index in [1.165, 1.54) is 19.2 Å². The second-order valence-electron chi connectivity index (χ2n) is 4.72. The SMILES string of the molecule is C[C@@H](OC(=O)c1ccccc1[S@](C)=O)C(=O)N1CCNC1=O. The Hall–Kier alpha value is -2.22. The maximum Gasteiger partial charge on any atom is 0.340 e. The van der Waals surface area contributed by atoms with Gasteiger partial charge in [0.2, 0.25) is 0 Å². The zero-order valence-electron chi connectivity index (χ0n) is 12.2. The standard InChI is InChI=1S/C14H16N2O5S/c1-9(12(17)16-8-7-15-14(16)19)21-13(18)10-5-3-4-6-11(10)22(2)20/h3-6,9H,7-8H2,1-2H3,(H,15,19)/t9-,22+/m1/s1. The van der Waals surface area contributed by atoms with Crippen LogP contribution in [0.15, 0.2) is 29.2 Å². The molecule has 7 nitrogen and oxygen atoms in total. The summed E-state index contributed by atoms with van der Waals surface area (Å²) < 4.78 is 16.7. The molecule has 0 radical (unpaired) electrons. The Kier molecular flexibility index (Phi) is 4.92. The van der Waals surface area contributed by atoms with Crippen molar-refractivity contribution in [1.29, 1.82) is 0 Å². The number of hydrogen-bond acceptors (Lipinski definition) is 5. The van der Waals surface area contributed by atoms with Crippen LogP contribution in [0.3, 0.4) is 0 Å². The minimum absolute atomic E-state index is 0.147. The number of urea groups is 1. The van der Waals surface area contributed by atoms with Crippen LogP contribution in [0.4, 0.5) is 4.79 Å². The maximum atomic E-state index is 12.2. The number of amides is 3. The first-order valence-electron chi connectivity index (χ1n) is 6.64. The topological polar surface area (TPSA) is 92.8 Å². The fraction of sp³-hybridized carbons (Fsp3) is 0.357. The van der Waals surface area contributed by atoms with Gasteiger partial charge in [-0.3, -0.25) is 13.9 Å². The van der Waals surface area contributed by atoms with Gasteiger partial charge in [0, 0.05) is 19.3 Å². The summed E-state index contributed by atoms with van der Waals surface area (Å²) >= 11 is 0. The lowest BCUT2D eigenvalue weighted by molar-refractivity contribution is -0.136. The van der Waals surface area contributed by atoms with Gasteiger partial charge in [0.1, 0.15) is 0 Å². The zero-order chi connectivity index (χ0) is 16.3. The highest BCUT2D eigenvalue weighted by Gasteiger charge is 2.32. The summed E-state index contributed by atoms with van der Waals surface area (Å²) in [5, 5.41) is 2.50. The molecule has 1 heterocycles. The zero-order valence-corrected chi connectivity index (χ0v) is 13.0. The van der Waals surface area contributed by atoms with Gasteiger partial charge in [-0.25, -0.2) is 9.59 Å². The van der Waals surface area contributed by atoms with E-state index in [-0.39, 0.29) is 12.1 Å². The van der Waals surface area contributed by atoms with E-state index in [1.807, 2.05) is 0 Å². The molecule has 1 aliphatic rings. The highest BCUT2D eigenvalue weighted by Crippen LogP contribution is 2.15. The van der Waals surface area contributed by atoms with Crippen LogP contribution >= 0.6 is 0 Å². The second kappa shape index (κ2) is 6.69. The van der Waals surface area contributed by atoms with E-state index in [0.29, 0.717) is 11.4 Å². The van der Waals surface area contributed by atoms with E-state index in [2.05, 4.69) is 5.32 Å². The Balaban J connectivity index is 2.10. The second-order valence-corrected chi connectivity index (χ2v) is 6.07. The summed E-state index contributed by atoms with van der Waals surface area (Å²) in [5.41, 5.74) is 0.147.